The van der Waals surface area contributed by atoms with Crippen molar-refractivity contribution < 1.29 is 0 Å². The standard InChI is InChI=1S/C12H11BrClN/c1-8(13)6-10-7-9-4-2-3-5-11(9)15-12(10)14/h2-5,7-8H,6H2,1H3. The van der Waals surface area contributed by atoms with Gasteiger partial charge in [0.25, 0.3) is 0 Å². The molecule has 78 valence electrons. The number of nitrogens with zero attached hydrogens (tertiary/aromatic N) is 1. The summed E-state index contributed by atoms with van der Waals surface area (Å²) in [5, 5.41) is 1.75. The first-order valence-corrected chi connectivity index (χ1v) is 6.14. The van der Waals surface area contributed by atoms with Gasteiger partial charge in [0.1, 0.15) is 5.15 Å². The molecule has 0 spiro atoms. The number of hydrogen-bond acceptors (Lipinski definition) is 1. The van der Waals surface area contributed by atoms with Crippen LogP contribution in [0.1, 0.15) is 12.5 Å². The fraction of sp³-hybridized carbons (Fsp3) is 0.250. The van der Waals surface area contributed by atoms with Gasteiger partial charge in [-0.2, -0.15) is 0 Å². The number of halogens is 2. The Morgan fingerprint density at radius 1 is 1.40 bits per heavy atom. The molecule has 1 aromatic carbocycles. The zero-order valence-electron chi connectivity index (χ0n) is 8.37. The molecule has 1 heterocycles. The average molecular weight is 285 g/mol. The number of fused-ring (bicyclic) bond motifs is 1. The van der Waals surface area contributed by atoms with Crippen LogP contribution in [0.25, 0.3) is 10.9 Å². The summed E-state index contributed by atoms with van der Waals surface area (Å²) in [7, 11) is 0. The second-order valence-corrected chi connectivity index (χ2v) is 5.54. The van der Waals surface area contributed by atoms with E-state index in [9.17, 15) is 0 Å². The van der Waals surface area contributed by atoms with Crippen molar-refractivity contribution in [3.63, 3.8) is 0 Å². The summed E-state index contributed by atoms with van der Waals surface area (Å²) in [6.07, 6.45) is 0.899. The zero-order chi connectivity index (χ0) is 10.8. The van der Waals surface area contributed by atoms with Crippen LogP contribution in [0, 0.1) is 0 Å². The largest absolute Gasteiger partial charge is 0.236 e. The van der Waals surface area contributed by atoms with Crippen molar-refractivity contribution in [2.45, 2.75) is 18.2 Å². The highest BCUT2D eigenvalue weighted by Crippen LogP contribution is 2.22. The first-order valence-electron chi connectivity index (χ1n) is 4.85. The predicted molar refractivity (Wildman–Crippen MR) is 68.8 cm³/mol. The van der Waals surface area contributed by atoms with E-state index in [1.54, 1.807) is 0 Å². The van der Waals surface area contributed by atoms with Crippen molar-refractivity contribution in [3.05, 3.63) is 41.0 Å². The summed E-state index contributed by atoms with van der Waals surface area (Å²) in [6.45, 7) is 2.10. The maximum absolute atomic E-state index is 6.12. The van der Waals surface area contributed by atoms with Gasteiger partial charge in [-0.05, 0) is 24.1 Å². The van der Waals surface area contributed by atoms with E-state index < -0.39 is 0 Å². The van der Waals surface area contributed by atoms with Crippen molar-refractivity contribution in [2.75, 3.05) is 0 Å². The molecule has 0 saturated heterocycles. The van der Waals surface area contributed by atoms with E-state index in [4.69, 9.17) is 11.6 Å². The molecular weight excluding hydrogens is 273 g/mol. The Balaban J connectivity index is 2.52. The molecule has 1 unspecified atom stereocenters. The van der Waals surface area contributed by atoms with Crippen LogP contribution in [0.4, 0.5) is 0 Å². The Morgan fingerprint density at radius 2 is 2.13 bits per heavy atom. The highest BCUT2D eigenvalue weighted by atomic mass is 79.9. The summed E-state index contributed by atoms with van der Waals surface area (Å²) in [5.41, 5.74) is 2.05. The van der Waals surface area contributed by atoms with Crippen LogP contribution in [0.2, 0.25) is 5.15 Å². The Hall–Kier alpha value is -0.600. The summed E-state index contributed by atoms with van der Waals surface area (Å²) >= 11 is 9.64. The van der Waals surface area contributed by atoms with Crippen LogP contribution in [0.5, 0.6) is 0 Å². The van der Waals surface area contributed by atoms with Gasteiger partial charge in [0.15, 0.2) is 0 Å². The smallest absolute Gasteiger partial charge is 0.133 e. The topological polar surface area (TPSA) is 12.9 Å². The number of rotatable bonds is 2. The number of para-hydroxylation sites is 1. The molecule has 1 aromatic heterocycles. The van der Waals surface area contributed by atoms with Crippen LogP contribution in [-0.4, -0.2) is 9.81 Å². The van der Waals surface area contributed by atoms with Crippen LogP contribution < -0.4 is 0 Å². The van der Waals surface area contributed by atoms with Crippen molar-refractivity contribution in [1.82, 2.24) is 4.98 Å². The summed E-state index contributed by atoms with van der Waals surface area (Å²) in [6, 6.07) is 10.1. The van der Waals surface area contributed by atoms with Gasteiger partial charge in [-0.25, -0.2) is 4.98 Å². The van der Waals surface area contributed by atoms with Gasteiger partial charge in [0.2, 0.25) is 0 Å². The van der Waals surface area contributed by atoms with Crippen LogP contribution in [-0.2, 0) is 6.42 Å². The van der Waals surface area contributed by atoms with Gasteiger partial charge >= 0.3 is 0 Å². The summed E-state index contributed by atoms with van der Waals surface area (Å²) < 4.78 is 0. The number of aromatic nitrogens is 1. The summed E-state index contributed by atoms with van der Waals surface area (Å²) in [4.78, 5) is 4.79. The van der Waals surface area contributed by atoms with Gasteiger partial charge in [0.05, 0.1) is 5.52 Å². The lowest BCUT2D eigenvalue weighted by atomic mass is 10.1. The normalized spacial score (nSPS) is 13.0. The molecule has 0 aliphatic rings. The molecule has 2 aromatic rings. The Bertz CT molecular complexity index is 482. The fourth-order valence-corrected chi connectivity index (χ4v) is 2.15. The minimum absolute atomic E-state index is 0.415. The SMILES string of the molecule is CC(Br)Cc1cc2ccccc2nc1Cl. The van der Waals surface area contributed by atoms with Gasteiger partial charge in [-0.15, -0.1) is 0 Å². The second-order valence-electron chi connectivity index (χ2n) is 3.62. The number of benzene rings is 1. The highest BCUT2D eigenvalue weighted by molar-refractivity contribution is 9.09. The molecule has 0 bridgehead atoms. The minimum Gasteiger partial charge on any atom is -0.236 e. The van der Waals surface area contributed by atoms with Crippen molar-refractivity contribution in [2.24, 2.45) is 0 Å². The Morgan fingerprint density at radius 3 is 2.87 bits per heavy atom. The molecule has 0 aliphatic heterocycles. The van der Waals surface area contributed by atoms with E-state index in [1.165, 1.54) is 0 Å². The molecule has 3 heteroatoms. The van der Waals surface area contributed by atoms with Gasteiger partial charge in [-0.1, -0.05) is 52.7 Å². The van der Waals surface area contributed by atoms with E-state index in [-0.39, 0.29) is 0 Å². The Labute approximate surface area is 103 Å². The molecule has 15 heavy (non-hydrogen) atoms. The lowest BCUT2D eigenvalue weighted by molar-refractivity contribution is 0.954. The Kier molecular flexibility index (Phi) is 3.27. The fourth-order valence-electron chi connectivity index (χ4n) is 1.58. The maximum Gasteiger partial charge on any atom is 0.133 e. The molecule has 2 rings (SSSR count). The first-order chi connectivity index (χ1) is 7.16. The lowest BCUT2D eigenvalue weighted by Gasteiger charge is -2.07. The maximum atomic E-state index is 6.12. The number of alkyl halides is 1. The first kappa shape index (κ1) is 10.9. The molecule has 0 fully saturated rings. The van der Waals surface area contributed by atoms with Crippen molar-refractivity contribution >= 4 is 38.4 Å². The second kappa shape index (κ2) is 4.50. The average Bonchev–Trinajstić information content (AvgIpc) is 2.18. The van der Waals surface area contributed by atoms with Crippen LogP contribution in [0.3, 0.4) is 0 Å². The van der Waals surface area contributed by atoms with E-state index in [2.05, 4.69) is 40.0 Å². The van der Waals surface area contributed by atoms with Gasteiger partial charge in [0, 0.05) is 10.2 Å². The van der Waals surface area contributed by atoms with E-state index in [0.29, 0.717) is 9.98 Å². The highest BCUT2D eigenvalue weighted by Gasteiger charge is 2.06. The number of hydrogen-bond donors (Lipinski definition) is 0. The van der Waals surface area contributed by atoms with Gasteiger partial charge in [-0.3, -0.25) is 0 Å². The summed E-state index contributed by atoms with van der Waals surface area (Å²) in [5.74, 6) is 0. The molecule has 0 N–H and O–H groups in total. The van der Waals surface area contributed by atoms with Crippen LogP contribution in [0.15, 0.2) is 30.3 Å². The van der Waals surface area contributed by atoms with E-state index in [1.807, 2.05) is 18.2 Å². The minimum atomic E-state index is 0.415. The van der Waals surface area contributed by atoms with Crippen molar-refractivity contribution in [1.29, 1.82) is 0 Å². The van der Waals surface area contributed by atoms with Crippen molar-refractivity contribution in [3.8, 4) is 0 Å². The molecule has 0 amide bonds. The third kappa shape index (κ3) is 2.50. The van der Waals surface area contributed by atoms with Crippen LogP contribution >= 0.6 is 27.5 Å². The monoisotopic (exact) mass is 283 g/mol. The third-order valence-corrected chi connectivity index (χ3v) is 2.90. The van der Waals surface area contributed by atoms with E-state index in [0.717, 1.165) is 22.9 Å². The van der Waals surface area contributed by atoms with Gasteiger partial charge < -0.3 is 0 Å². The third-order valence-electron chi connectivity index (χ3n) is 2.25. The predicted octanol–water partition coefficient (Wildman–Crippen LogP) is 4.21. The molecule has 0 saturated carbocycles. The lowest BCUT2D eigenvalue weighted by Crippen LogP contribution is -1.98. The molecule has 1 atom stereocenters. The molecular formula is C12H11BrClN. The molecule has 1 nitrogen and oxygen atoms in total. The van der Waals surface area contributed by atoms with E-state index >= 15 is 0 Å². The number of pyridine rings is 1. The molecule has 0 radical (unpaired) electrons. The zero-order valence-corrected chi connectivity index (χ0v) is 10.7. The molecule has 0 aliphatic carbocycles. The quantitative estimate of drug-likeness (QED) is 0.594.